The van der Waals surface area contributed by atoms with Crippen LogP contribution in [0, 0.1) is 0 Å². The number of hydrogen-bond acceptors (Lipinski definition) is 6. The van der Waals surface area contributed by atoms with E-state index in [0.717, 1.165) is 5.69 Å². The molecule has 3 aromatic heterocycles. The third kappa shape index (κ3) is 4.47. The third-order valence-electron chi connectivity index (χ3n) is 5.42. The lowest BCUT2D eigenvalue weighted by molar-refractivity contribution is 0.102. The smallest absolute Gasteiger partial charge is 0.259 e. The van der Waals surface area contributed by atoms with Gasteiger partial charge in [0.1, 0.15) is 29.3 Å². The standard InChI is InChI=1S/C26H22N6O3/c1-34-20-9-10-21(23(14-20)35-2)25-22(16-32(30-25)19-6-4-3-5-7-19)26(33)29-18-8-11-24(28-15-18)31-13-12-27-17-31/h3-17H,1-2H3,(H,29,33). The second kappa shape index (κ2) is 9.52. The molecule has 0 aliphatic heterocycles. The monoisotopic (exact) mass is 466 g/mol. The first kappa shape index (κ1) is 21.9. The highest BCUT2D eigenvalue weighted by atomic mass is 16.5. The molecule has 5 rings (SSSR count). The van der Waals surface area contributed by atoms with Crippen molar-refractivity contribution in [3.8, 4) is 34.3 Å². The maximum Gasteiger partial charge on any atom is 0.259 e. The van der Waals surface area contributed by atoms with Crippen LogP contribution < -0.4 is 14.8 Å². The van der Waals surface area contributed by atoms with E-state index in [2.05, 4.69) is 15.3 Å². The van der Waals surface area contributed by atoms with Crippen LogP contribution in [0.5, 0.6) is 11.5 Å². The van der Waals surface area contributed by atoms with Crippen LogP contribution in [0.4, 0.5) is 5.69 Å². The van der Waals surface area contributed by atoms with E-state index in [1.165, 1.54) is 0 Å². The van der Waals surface area contributed by atoms with E-state index in [1.54, 1.807) is 78.8 Å². The predicted octanol–water partition coefficient (Wildman–Crippen LogP) is 4.39. The van der Waals surface area contributed by atoms with E-state index < -0.39 is 0 Å². The first-order chi connectivity index (χ1) is 17.2. The fourth-order valence-electron chi connectivity index (χ4n) is 3.65. The Labute approximate surface area is 201 Å². The van der Waals surface area contributed by atoms with Crippen molar-refractivity contribution in [1.82, 2.24) is 24.3 Å². The number of amides is 1. The minimum Gasteiger partial charge on any atom is -0.497 e. The van der Waals surface area contributed by atoms with Gasteiger partial charge in [0.05, 0.1) is 37.4 Å². The van der Waals surface area contributed by atoms with Gasteiger partial charge in [0, 0.05) is 30.2 Å². The predicted molar refractivity (Wildman–Crippen MR) is 131 cm³/mol. The van der Waals surface area contributed by atoms with Crippen molar-refractivity contribution >= 4 is 11.6 Å². The van der Waals surface area contributed by atoms with Gasteiger partial charge in [-0.1, -0.05) is 18.2 Å². The van der Waals surface area contributed by atoms with Crippen molar-refractivity contribution in [1.29, 1.82) is 0 Å². The molecule has 9 heteroatoms. The number of methoxy groups -OCH3 is 2. The molecule has 0 saturated heterocycles. The lowest BCUT2D eigenvalue weighted by atomic mass is 10.1. The van der Waals surface area contributed by atoms with E-state index in [0.29, 0.717) is 39.8 Å². The number of rotatable bonds is 7. The highest BCUT2D eigenvalue weighted by Crippen LogP contribution is 2.35. The second-order valence-corrected chi connectivity index (χ2v) is 7.57. The molecule has 0 bridgehead atoms. The van der Waals surface area contributed by atoms with Crippen molar-refractivity contribution in [2.75, 3.05) is 19.5 Å². The molecule has 0 aliphatic carbocycles. The van der Waals surface area contributed by atoms with Crippen LogP contribution >= 0.6 is 0 Å². The summed E-state index contributed by atoms with van der Waals surface area (Å²) < 4.78 is 14.4. The number of carbonyl (C=O) groups excluding carboxylic acids is 1. The van der Waals surface area contributed by atoms with Gasteiger partial charge in [0.15, 0.2) is 0 Å². The number of benzene rings is 2. The molecule has 0 aliphatic rings. The Balaban J connectivity index is 1.52. The fraction of sp³-hybridized carbons (Fsp3) is 0.0769. The van der Waals surface area contributed by atoms with Crippen LogP contribution in [0.25, 0.3) is 22.8 Å². The Hall–Kier alpha value is -4.92. The molecule has 9 nitrogen and oxygen atoms in total. The number of para-hydroxylation sites is 1. The van der Waals surface area contributed by atoms with E-state index in [4.69, 9.17) is 14.6 Å². The zero-order valence-electron chi connectivity index (χ0n) is 19.1. The van der Waals surface area contributed by atoms with Gasteiger partial charge in [-0.05, 0) is 36.4 Å². The van der Waals surface area contributed by atoms with Crippen LogP contribution in [0.3, 0.4) is 0 Å². The highest BCUT2D eigenvalue weighted by molar-refractivity contribution is 6.08. The number of nitrogens with one attached hydrogen (secondary N) is 1. The molecule has 0 unspecified atom stereocenters. The molecule has 1 N–H and O–H groups in total. The fourth-order valence-corrected chi connectivity index (χ4v) is 3.65. The number of anilines is 1. The van der Waals surface area contributed by atoms with Crippen molar-refractivity contribution in [2.24, 2.45) is 0 Å². The largest absolute Gasteiger partial charge is 0.497 e. The minimum atomic E-state index is -0.322. The molecule has 0 spiro atoms. The van der Waals surface area contributed by atoms with Crippen LogP contribution in [0.15, 0.2) is 91.8 Å². The molecular formula is C26H22N6O3. The molecule has 0 radical (unpaired) electrons. The Morgan fingerprint density at radius 3 is 2.54 bits per heavy atom. The molecular weight excluding hydrogens is 444 g/mol. The minimum absolute atomic E-state index is 0.322. The summed E-state index contributed by atoms with van der Waals surface area (Å²) in [6.07, 6.45) is 8.44. The van der Waals surface area contributed by atoms with E-state index in [1.807, 2.05) is 36.4 Å². The highest BCUT2D eigenvalue weighted by Gasteiger charge is 2.22. The number of nitrogens with zero attached hydrogens (tertiary/aromatic N) is 5. The molecule has 0 saturated carbocycles. The second-order valence-electron chi connectivity index (χ2n) is 7.57. The molecule has 2 aromatic carbocycles. The third-order valence-corrected chi connectivity index (χ3v) is 5.42. The van der Waals surface area contributed by atoms with Crippen LogP contribution in [-0.2, 0) is 0 Å². The van der Waals surface area contributed by atoms with E-state index in [-0.39, 0.29) is 5.91 Å². The maximum absolute atomic E-state index is 13.4. The van der Waals surface area contributed by atoms with Crippen molar-refractivity contribution in [3.05, 3.63) is 97.3 Å². The lowest BCUT2D eigenvalue weighted by Gasteiger charge is -2.10. The summed E-state index contributed by atoms with van der Waals surface area (Å²) in [6.45, 7) is 0. The van der Waals surface area contributed by atoms with Crippen molar-refractivity contribution in [2.45, 2.75) is 0 Å². The average molecular weight is 467 g/mol. The van der Waals surface area contributed by atoms with Crippen LogP contribution in [0.2, 0.25) is 0 Å². The van der Waals surface area contributed by atoms with Gasteiger partial charge >= 0.3 is 0 Å². The summed E-state index contributed by atoms with van der Waals surface area (Å²) in [5.74, 6) is 1.56. The van der Waals surface area contributed by atoms with Gasteiger partial charge in [0.2, 0.25) is 0 Å². The molecule has 1 amide bonds. The van der Waals surface area contributed by atoms with Crippen LogP contribution in [0.1, 0.15) is 10.4 Å². The zero-order valence-corrected chi connectivity index (χ0v) is 19.1. The number of pyridine rings is 1. The van der Waals surface area contributed by atoms with Gasteiger partial charge < -0.3 is 14.8 Å². The molecule has 3 heterocycles. The summed E-state index contributed by atoms with van der Waals surface area (Å²) in [6, 6.07) is 18.6. The van der Waals surface area contributed by atoms with E-state index in [9.17, 15) is 4.79 Å². The Morgan fingerprint density at radius 1 is 1.00 bits per heavy atom. The Kier molecular flexibility index (Phi) is 5.96. The summed E-state index contributed by atoms with van der Waals surface area (Å²) in [7, 11) is 3.16. The number of ether oxygens (including phenoxy) is 2. The Morgan fingerprint density at radius 2 is 1.86 bits per heavy atom. The van der Waals surface area contributed by atoms with Gasteiger partial charge in [0.25, 0.3) is 5.91 Å². The molecule has 0 fully saturated rings. The molecule has 5 aromatic rings. The summed E-state index contributed by atoms with van der Waals surface area (Å²) >= 11 is 0. The first-order valence-electron chi connectivity index (χ1n) is 10.8. The topological polar surface area (TPSA) is 96.1 Å². The molecule has 35 heavy (non-hydrogen) atoms. The quantitative estimate of drug-likeness (QED) is 0.382. The van der Waals surface area contributed by atoms with Gasteiger partial charge in [-0.3, -0.25) is 9.36 Å². The normalized spacial score (nSPS) is 10.7. The number of aromatic nitrogens is 5. The summed E-state index contributed by atoms with van der Waals surface area (Å²) in [5, 5.41) is 7.66. The van der Waals surface area contributed by atoms with Crippen molar-refractivity contribution in [3.63, 3.8) is 0 Å². The first-order valence-corrected chi connectivity index (χ1v) is 10.8. The average Bonchev–Trinajstić information content (AvgIpc) is 3.60. The number of hydrogen-bond donors (Lipinski definition) is 1. The van der Waals surface area contributed by atoms with Gasteiger partial charge in [-0.25, -0.2) is 14.6 Å². The lowest BCUT2D eigenvalue weighted by Crippen LogP contribution is -2.13. The van der Waals surface area contributed by atoms with Gasteiger partial charge in [-0.2, -0.15) is 5.10 Å². The number of imidazole rings is 1. The van der Waals surface area contributed by atoms with E-state index >= 15 is 0 Å². The maximum atomic E-state index is 13.4. The SMILES string of the molecule is COc1ccc(-c2nn(-c3ccccc3)cc2C(=O)Nc2ccc(-n3ccnc3)nc2)c(OC)c1. The summed E-state index contributed by atoms with van der Waals surface area (Å²) in [5.41, 5.74) is 2.91. The zero-order chi connectivity index (χ0) is 24.2. The molecule has 174 valence electrons. The van der Waals surface area contributed by atoms with Gasteiger partial charge in [-0.15, -0.1) is 0 Å². The summed E-state index contributed by atoms with van der Waals surface area (Å²) in [4.78, 5) is 21.8. The molecule has 0 atom stereocenters. The van der Waals surface area contributed by atoms with Crippen molar-refractivity contribution < 1.29 is 14.3 Å². The van der Waals surface area contributed by atoms with Crippen LogP contribution in [-0.4, -0.2) is 44.4 Å². The number of carbonyl (C=O) groups is 1. The Bertz CT molecular complexity index is 1440.